The van der Waals surface area contributed by atoms with E-state index in [4.69, 9.17) is 0 Å². The summed E-state index contributed by atoms with van der Waals surface area (Å²) in [5.41, 5.74) is 2.33. The van der Waals surface area contributed by atoms with Crippen molar-refractivity contribution in [3.05, 3.63) is 84.1 Å². The fourth-order valence-electron chi connectivity index (χ4n) is 2.77. The van der Waals surface area contributed by atoms with Crippen LogP contribution in [0.5, 0.6) is 0 Å². The highest BCUT2D eigenvalue weighted by Crippen LogP contribution is 2.18. The third-order valence-corrected chi connectivity index (χ3v) is 4.44. The molecule has 6 nitrogen and oxygen atoms in total. The Morgan fingerprint density at radius 3 is 2.31 bits per heavy atom. The molecule has 3 aromatic rings. The number of aromatic nitrogens is 3. The van der Waals surface area contributed by atoms with Gasteiger partial charge in [0.25, 0.3) is 0 Å². The zero-order chi connectivity index (χ0) is 20.7. The highest BCUT2D eigenvalue weighted by atomic mass is 16.2. The molecule has 3 aromatic heterocycles. The lowest BCUT2D eigenvalue weighted by Crippen LogP contribution is -2.28. The molecule has 1 atom stereocenters. The summed E-state index contributed by atoms with van der Waals surface area (Å²) in [4.78, 5) is 25.7. The van der Waals surface area contributed by atoms with E-state index in [1.807, 2.05) is 69.3 Å². The Morgan fingerprint density at radius 2 is 1.66 bits per heavy atom. The van der Waals surface area contributed by atoms with Crippen LogP contribution < -0.4 is 10.6 Å². The number of pyridine rings is 3. The lowest BCUT2D eigenvalue weighted by atomic mass is 9.96. The topological polar surface area (TPSA) is 79.8 Å². The molecule has 3 heterocycles. The lowest BCUT2D eigenvalue weighted by Gasteiger charge is -2.19. The number of carbonyl (C=O) groups excluding carboxylic acids is 1. The summed E-state index contributed by atoms with van der Waals surface area (Å²) in [5.74, 6) is 0.500. The Hall–Kier alpha value is -3.12. The van der Waals surface area contributed by atoms with Crippen molar-refractivity contribution < 1.29 is 4.79 Å². The second-order valence-corrected chi connectivity index (χ2v) is 7.93. The number of nitrogens with zero attached hydrogens (tertiary/aromatic N) is 3. The summed E-state index contributed by atoms with van der Waals surface area (Å²) in [6, 6.07) is 17.5. The quantitative estimate of drug-likeness (QED) is 0.640. The minimum absolute atomic E-state index is 0.000669. The molecule has 0 aliphatic carbocycles. The Bertz CT molecular complexity index is 923. The zero-order valence-corrected chi connectivity index (χ0v) is 17.1. The maximum absolute atomic E-state index is 12.2. The van der Waals surface area contributed by atoms with Gasteiger partial charge in [-0.2, -0.15) is 0 Å². The van der Waals surface area contributed by atoms with Crippen LogP contribution in [0.3, 0.4) is 0 Å². The van der Waals surface area contributed by atoms with E-state index in [-0.39, 0.29) is 11.9 Å². The highest BCUT2D eigenvalue weighted by Gasteiger charge is 2.21. The molecular formula is C23H27N5O. The summed E-state index contributed by atoms with van der Waals surface area (Å²) in [5, 5.41) is 6.42. The Balaban J connectivity index is 1.71. The van der Waals surface area contributed by atoms with Crippen LogP contribution in [-0.4, -0.2) is 20.9 Å². The van der Waals surface area contributed by atoms with Gasteiger partial charge in [-0.05, 0) is 36.4 Å². The molecule has 29 heavy (non-hydrogen) atoms. The second-order valence-electron chi connectivity index (χ2n) is 7.93. The van der Waals surface area contributed by atoms with Crippen LogP contribution in [0.15, 0.2) is 67.0 Å². The first-order valence-corrected chi connectivity index (χ1v) is 9.73. The van der Waals surface area contributed by atoms with E-state index in [2.05, 4.69) is 25.6 Å². The minimum atomic E-state index is -0.470. The van der Waals surface area contributed by atoms with E-state index < -0.39 is 5.41 Å². The molecule has 0 aliphatic heterocycles. The van der Waals surface area contributed by atoms with Crippen molar-refractivity contribution in [3.63, 3.8) is 0 Å². The molecule has 0 fully saturated rings. The van der Waals surface area contributed by atoms with Gasteiger partial charge < -0.3 is 10.6 Å². The Labute approximate surface area is 171 Å². The van der Waals surface area contributed by atoms with Gasteiger partial charge in [-0.1, -0.05) is 39.0 Å². The van der Waals surface area contributed by atoms with Crippen molar-refractivity contribution in [2.24, 2.45) is 5.41 Å². The fourth-order valence-corrected chi connectivity index (χ4v) is 2.77. The summed E-state index contributed by atoms with van der Waals surface area (Å²) >= 11 is 0. The second kappa shape index (κ2) is 9.39. The van der Waals surface area contributed by atoms with Gasteiger partial charge >= 0.3 is 0 Å². The largest absolute Gasteiger partial charge is 0.310 e. The lowest BCUT2D eigenvalue weighted by molar-refractivity contribution is -0.123. The normalized spacial score (nSPS) is 12.4. The molecule has 0 spiro atoms. The summed E-state index contributed by atoms with van der Waals surface area (Å²) in [6.07, 6.45) is 4.31. The molecule has 0 saturated carbocycles. The maximum Gasteiger partial charge on any atom is 0.230 e. The van der Waals surface area contributed by atoms with Crippen LogP contribution in [-0.2, 0) is 17.8 Å². The zero-order valence-electron chi connectivity index (χ0n) is 17.1. The molecule has 6 heteroatoms. The summed E-state index contributed by atoms with van der Waals surface area (Å²) in [6.45, 7) is 6.18. The molecule has 150 valence electrons. The molecular weight excluding hydrogens is 362 g/mol. The molecule has 2 N–H and O–H groups in total. The molecule has 1 unspecified atom stereocenters. The smallest absolute Gasteiger partial charge is 0.230 e. The Kier molecular flexibility index (Phi) is 6.67. The van der Waals surface area contributed by atoms with Crippen molar-refractivity contribution in [2.45, 2.75) is 39.8 Å². The van der Waals surface area contributed by atoms with Crippen molar-refractivity contribution in [1.29, 1.82) is 0 Å². The predicted molar refractivity (Wildman–Crippen MR) is 114 cm³/mol. The van der Waals surface area contributed by atoms with E-state index in [1.165, 1.54) is 0 Å². The van der Waals surface area contributed by atoms with E-state index >= 15 is 0 Å². The SMILES string of the molecule is CC(C)(C)C(=O)Nc1cccc(CNC(Cc2ccccn2)c2ccccn2)n1. The van der Waals surface area contributed by atoms with Gasteiger partial charge in [0, 0.05) is 36.5 Å². The van der Waals surface area contributed by atoms with Crippen molar-refractivity contribution in [3.8, 4) is 0 Å². The summed E-state index contributed by atoms with van der Waals surface area (Å²) in [7, 11) is 0. The van der Waals surface area contributed by atoms with Gasteiger partial charge in [-0.15, -0.1) is 0 Å². The molecule has 0 aliphatic rings. The summed E-state index contributed by atoms with van der Waals surface area (Å²) < 4.78 is 0. The molecule has 0 aromatic carbocycles. The number of hydrogen-bond donors (Lipinski definition) is 2. The number of anilines is 1. The first-order valence-electron chi connectivity index (χ1n) is 9.73. The monoisotopic (exact) mass is 389 g/mol. The maximum atomic E-state index is 12.2. The van der Waals surface area contributed by atoms with Crippen LogP contribution >= 0.6 is 0 Å². The Morgan fingerprint density at radius 1 is 0.931 bits per heavy atom. The number of carbonyl (C=O) groups is 1. The molecule has 0 saturated heterocycles. The predicted octanol–water partition coefficient (Wildman–Crippen LogP) is 3.93. The van der Waals surface area contributed by atoms with E-state index in [0.29, 0.717) is 12.4 Å². The van der Waals surface area contributed by atoms with Gasteiger partial charge in [-0.3, -0.25) is 14.8 Å². The third kappa shape index (κ3) is 6.19. The van der Waals surface area contributed by atoms with Gasteiger partial charge in [0.1, 0.15) is 5.82 Å². The van der Waals surface area contributed by atoms with Crippen LogP contribution in [0.25, 0.3) is 0 Å². The van der Waals surface area contributed by atoms with Crippen molar-refractivity contribution >= 4 is 11.7 Å². The van der Waals surface area contributed by atoms with Crippen molar-refractivity contribution in [1.82, 2.24) is 20.3 Å². The molecule has 0 radical (unpaired) electrons. The van der Waals surface area contributed by atoms with Crippen LogP contribution in [0.1, 0.15) is 43.9 Å². The number of nitrogens with one attached hydrogen (secondary N) is 2. The minimum Gasteiger partial charge on any atom is -0.310 e. The van der Waals surface area contributed by atoms with E-state index in [0.717, 1.165) is 23.5 Å². The van der Waals surface area contributed by atoms with Gasteiger partial charge in [-0.25, -0.2) is 4.98 Å². The van der Waals surface area contributed by atoms with Gasteiger partial charge in [0.2, 0.25) is 5.91 Å². The first kappa shape index (κ1) is 20.6. The molecule has 3 rings (SSSR count). The highest BCUT2D eigenvalue weighted by molar-refractivity contribution is 5.93. The van der Waals surface area contributed by atoms with Crippen molar-refractivity contribution in [2.75, 3.05) is 5.32 Å². The number of amides is 1. The fraction of sp³-hybridized carbons (Fsp3) is 0.304. The van der Waals surface area contributed by atoms with Gasteiger partial charge in [0.15, 0.2) is 0 Å². The van der Waals surface area contributed by atoms with Crippen LogP contribution in [0, 0.1) is 5.41 Å². The molecule has 0 bridgehead atoms. The number of rotatable bonds is 7. The van der Waals surface area contributed by atoms with E-state index in [1.54, 1.807) is 18.5 Å². The molecule has 1 amide bonds. The van der Waals surface area contributed by atoms with Gasteiger partial charge in [0.05, 0.1) is 17.4 Å². The van der Waals surface area contributed by atoms with Crippen LogP contribution in [0.4, 0.5) is 5.82 Å². The van der Waals surface area contributed by atoms with E-state index in [9.17, 15) is 4.79 Å². The average molecular weight is 390 g/mol. The standard InChI is InChI=1S/C23H27N5O/c1-23(2,3)22(29)28-21-12-8-10-18(27-21)16-26-20(19-11-5-7-14-25-19)15-17-9-4-6-13-24-17/h4-14,20,26H,15-16H2,1-3H3,(H,27,28,29). The number of hydrogen-bond acceptors (Lipinski definition) is 5. The third-order valence-electron chi connectivity index (χ3n) is 4.44. The average Bonchev–Trinajstić information content (AvgIpc) is 2.72. The first-order chi connectivity index (χ1) is 13.9. The van der Waals surface area contributed by atoms with Crippen LogP contribution in [0.2, 0.25) is 0 Å².